The summed E-state index contributed by atoms with van der Waals surface area (Å²) >= 11 is 0. The minimum Gasteiger partial charge on any atom is -0.371 e. The maximum absolute atomic E-state index is 12.5. The molecule has 0 aliphatic rings. The smallest absolute Gasteiger partial charge is 0.160 e. The summed E-state index contributed by atoms with van der Waals surface area (Å²) in [7, 11) is 0. The largest absolute Gasteiger partial charge is 0.371 e. The number of nitrogens with one attached hydrogen (secondary N) is 2. The molecule has 0 aliphatic heterocycles. The van der Waals surface area contributed by atoms with Crippen LogP contribution < -0.4 is 16.6 Å². The van der Waals surface area contributed by atoms with Gasteiger partial charge in [-0.2, -0.15) is 0 Å². The van der Waals surface area contributed by atoms with Crippen LogP contribution in [-0.2, 0) is 0 Å². The van der Waals surface area contributed by atoms with Crippen molar-refractivity contribution in [2.75, 3.05) is 12.0 Å². The van der Waals surface area contributed by atoms with Crippen LogP contribution in [-0.4, -0.2) is 6.67 Å². The molecule has 0 unspecified atom stereocenters. The molecule has 0 saturated heterocycles. The van der Waals surface area contributed by atoms with Crippen LogP contribution in [0, 0.1) is 11.6 Å². The van der Waals surface area contributed by atoms with Gasteiger partial charge in [-0.15, -0.1) is 0 Å². The molecule has 0 aromatic heterocycles. The highest BCUT2D eigenvalue weighted by Crippen LogP contribution is 2.11. The van der Waals surface area contributed by atoms with Crippen molar-refractivity contribution >= 4 is 5.69 Å². The predicted octanol–water partition coefficient (Wildman–Crippen LogP) is 0.797. The number of hydrazine groups is 1. The van der Waals surface area contributed by atoms with Gasteiger partial charge in [0.15, 0.2) is 11.6 Å². The number of rotatable bonds is 3. The first-order chi connectivity index (χ1) is 5.74. The Labute approximate surface area is 68.5 Å². The Morgan fingerprint density at radius 1 is 1.25 bits per heavy atom. The number of nitrogens with two attached hydrogens (primary N) is 1. The minimum absolute atomic E-state index is 0.297. The Morgan fingerprint density at radius 2 is 2.00 bits per heavy atom. The van der Waals surface area contributed by atoms with Gasteiger partial charge in [0.1, 0.15) is 0 Å². The zero-order valence-electron chi connectivity index (χ0n) is 6.27. The normalized spacial score (nSPS) is 9.92. The van der Waals surface area contributed by atoms with E-state index in [1.54, 1.807) is 0 Å². The molecule has 12 heavy (non-hydrogen) atoms. The summed E-state index contributed by atoms with van der Waals surface area (Å²) in [5.74, 6) is 3.23. The first kappa shape index (κ1) is 8.89. The van der Waals surface area contributed by atoms with E-state index >= 15 is 0 Å². The molecule has 1 aromatic carbocycles. The van der Waals surface area contributed by atoms with E-state index in [2.05, 4.69) is 10.7 Å². The van der Waals surface area contributed by atoms with Gasteiger partial charge in [-0.3, -0.25) is 5.84 Å². The number of anilines is 1. The second-order valence-corrected chi connectivity index (χ2v) is 2.19. The predicted molar refractivity (Wildman–Crippen MR) is 42.2 cm³/mol. The number of hydrogen-bond donors (Lipinski definition) is 3. The van der Waals surface area contributed by atoms with Crippen molar-refractivity contribution in [3.63, 3.8) is 0 Å². The van der Waals surface area contributed by atoms with Gasteiger partial charge in [0, 0.05) is 11.8 Å². The zero-order valence-corrected chi connectivity index (χ0v) is 6.27. The fourth-order valence-corrected chi connectivity index (χ4v) is 0.759. The van der Waals surface area contributed by atoms with E-state index in [9.17, 15) is 8.78 Å². The van der Waals surface area contributed by atoms with Crippen molar-refractivity contribution in [1.29, 1.82) is 0 Å². The van der Waals surface area contributed by atoms with Crippen molar-refractivity contribution in [3.05, 3.63) is 29.8 Å². The van der Waals surface area contributed by atoms with Crippen molar-refractivity contribution in [1.82, 2.24) is 5.43 Å². The van der Waals surface area contributed by atoms with Crippen LogP contribution in [0.4, 0.5) is 14.5 Å². The Bertz CT molecular complexity index is 265. The van der Waals surface area contributed by atoms with E-state index in [0.717, 1.165) is 12.1 Å². The van der Waals surface area contributed by atoms with E-state index in [1.807, 2.05) is 0 Å². The van der Waals surface area contributed by atoms with Crippen molar-refractivity contribution in [2.45, 2.75) is 0 Å². The highest BCUT2D eigenvalue weighted by molar-refractivity contribution is 5.43. The Balaban J connectivity index is 2.69. The fraction of sp³-hybridized carbons (Fsp3) is 0.143. The summed E-state index contributed by atoms with van der Waals surface area (Å²) in [6, 6.07) is 3.54. The van der Waals surface area contributed by atoms with E-state index in [0.29, 0.717) is 12.4 Å². The standard InChI is InChI=1S/C7H9F2N3/c8-6-2-1-5(3-7(6)9)11-4-12-10/h1-3,11-12H,4,10H2. The summed E-state index contributed by atoms with van der Waals surface area (Å²) in [5.41, 5.74) is 2.80. The van der Waals surface area contributed by atoms with Gasteiger partial charge in [0.05, 0.1) is 6.67 Å². The van der Waals surface area contributed by atoms with Crippen molar-refractivity contribution in [3.8, 4) is 0 Å². The third-order valence-corrected chi connectivity index (χ3v) is 1.31. The lowest BCUT2D eigenvalue weighted by Crippen LogP contribution is -2.28. The van der Waals surface area contributed by atoms with Crippen LogP contribution in [0.15, 0.2) is 18.2 Å². The van der Waals surface area contributed by atoms with E-state index in [4.69, 9.17) is 5.84 Å². The summed E-state index contributed by atoms with van der Waals surface area (Å²) in [6.45, 7) is 0.297. The number of hydrogen-bond acceptors (Lipinski definition) is 3. The molecule has 4 N–H and O–H groups in total. The highest BCUT2D eigenvalue weighted by Gasteiger charge is 2.00. The molecule has 0 fully saturated rings. The quantitative estimate of drug-likeness (QED) is 0.360. The van der Waals surface area contributed by atoms with Crippen molar-refractivity contribution < 1.29 is 8.78 Å². The molecule has 0 radical (unpaired) electrons. The lowest BCUT2D eigenvalue weighted by molar-refractivity contribution is 0.509. The fourth-order valence-electron chi connectivity index (χ4n) is 0.759. The van der Waals surface area contributed by atoms with Crippen LogP contribution in [0.5, 0.6) is 0 Å². The molecule has 66 valence electrons. The third-order valence-electron chi connectivity index (χ3n) is 1.31. The maximum atomic E-state index is 12.5. The molecular weight excluding hydrogens is 164 g/mol. The van der Waals surface area contributed by atoms with Crippen LogP contribution in [0.25, 0.3) is 0 Å². The van der Waals surface area contributed by atoms with Gasteiger partial charge < -0.3 is 5.32 Å². The molecular formula is C7H9F2N3. The Morgan fingerprint density at radius 3 is 2.58 bits per heavy atom. The highest BCUT2D eigenvalue weighted by atomic mass is 19.2. The molecule has 0 bridgehead atoms. The van der Waals surface area contributed by atoms with Gasteiger partial charge in [0.2, 0.25) is 0 Å². The lowest BCUT2D eigenvalue weighted by atomic mass is 10.3. The average Bonchev–Trinajstić information content (AvgIpc) is 2.07. The first-order valence-corrected chi connectivity index (χ1v) is 3.36. The number of halogens is 2. The summed E-state index contributed by atoms with van der Waals surface area (Å²) in [5, 5.41) is 2.72. The summed E-state index contributed by atoms with van der Waals surface area (Å²) in [6.07, 6.45) is 0. The minimum atomic E-state index is -0.878. The van der Waals surface area contributed by atoms with Gasteiger partial charge in [-0.25, -0.2) is 14.2 Å². The van der Waals surface area contributed by atoms with Gasteiger partial charge in [-0.1, -0.05) is 0 Å². The molecule has 1 rings (SSSR count). The van der Waals surface area contributed by atoms with Crippen molar-refractivity contribution in [2.24, 2.45) is 5.84 Å². The second kappa shape index (κ2) is 3.99. The van der Waals surface area contributed by atoms with Gasteiger partial charge in [-0.05, 0) is 12.1 Å². The first-order valence-electron chi connectivity index (χ1n) is 3.36. The molecule has 0 saturated carbocycles. The summed E-state index contributed by atoms with van der Waals surface area (Å²) < 4.78 is 24.9. The van der Waals surface area contributed by atoms with Gasteiger partial charge in [0.25, 0.3) is 0 Å². The second-order valence-electron chi connectivity index (χ2n) is 2.19. The van der Waals surface area contributed by atoms with Gasteiger partial charge >= 0.3 is 0 Å². The molecule has 3 nitrogen and oxygen atoms in total. The zero-order chi connectivity index (χ0) is 8.97. The molecule has 0 amide bonds. The van der Waals surface area contributed by atoms with Crippen LogP contribution >= 0.6 is 0 Å². The van der Waals surface area contributed by atoms with E-state index in [-0.39, 0.29) is 0 Å². The van der Waals surface area contributed by atoms with E-state index in [1.165, 1.54) is 6.07 Å². The summed E-state index contributed by atoms with van der Waals surface area (Å²) in [4.78, 5) is 0. The third kappa shape index (κ3) is 2.14. The molecule has 0 heterocycles. The Hall–Kier alpha value is -1.20. The number of benzene rings is 1. The molecule has 0 spiro atoms. The molecule has 1 aromatic rings. The Kier molecular flexibility index (Phi) is 2.95. The molecule has 0 aliphatic carbocycles. The SMILES string of the molecule is NNCNc1ccc(F)c(F)c1. The van der Waals surface area contributed by atoms with E-state index < -0.39 is 11.6 Å². The van der Waals surface area contributed by atoms with Crippen LogP contribution in [0.2, 0.25) is 0 Å². The molecule has 5 heteroatoms. The lowest BCUT2D eigenvalue weighted by Gasteiger charge is -2.04. The average molecular weight is 173 g/mol. The molecule has 0 atom stereocenters. The monoisotopic (exact) mass is 173 g/mol. The van der Waals surface area contributed by atoms with Crippen LogP contribution in [0.3, 0.4) is 0 Å². The topological polar surface area (TPSA) is 50.1 Å². The van der Waals surface area contributed by atoms with Crippen LogP contribution in [0.1, 0.15) is 0 Å². The maximum Gasteiger partial charge on any atom is 0.160 e.